The standard InChI is InChI=1S/C51H50N4O7S/c56-45-20-18-43(44-19-21-47(58)54-48(44)45)46(57)30-52-28-34-14-16-37(17-15-34)49(59)53-29-42-27-39(33-63-42)38-10-7-13-41(26-38)51(61,40-11-5-2-6-12-40)50(60)62-32-36-22-24-55(25-23-36)31-35-8-3-1-4-9-35/h1-21,26-27,33,36,46,52,56-57,61H,22-25,28-32H2,(H,53,59)(H,54,58). The highest BCUT2D eigenvalue weighted by atomic mass is 32.1. The van der Waals surface area contributed by atoms with Gasteiger partial charge in [-0.05, 0) is 107 Å². The van der Waals surface area contributed by atoms with Crippen molar-refractivity contribution in [3.63, 3.8) is 0 Å². The van der Waals surface area contributed by atoms with Gasteiger partial charge in [0.1, 0.15) is 5.75 Å². The summed E-state index contributed by atoms with van der Waals surface area (Å²) in [4.78, 5) is 44.8. The average Bonchev–Trinajstić information content (AvgIpc) is 3.80. The van der Waals surface area contributed by atoms with Gasteiger partial charge in [-0.1, -0.05) is 97.1 Å². The average molecular weight is 863 g/mol. The number of hydrogen-bond donors (Lipinski definition) is 6. The number of hydrogen-bond acceptors (Lipinski definition) is 10. The summed E-state index contributed by atoms with van der Waals surface area (Å²) in [6.07, 6.45) is 0.932. The Morgan fingerprint density at radius 2 is 1.54 bits per heavy atom. The van der Waals surface area contributed by atoms with Crippen molar-refractivity contribution in [2.45, 2.75) is 44.2 Å². The van der Waals surface area contributed by atoms with Gasteiger partial charge in [-0.15, -0.1) is 11.3 Å². The first-order valence-corrected chi connectivity index (χ1v) is 22.0. The lowest BCUT2D eigenvalue weighted by molar-refractivity contribution is -0.164. The molecule has 7 aromatic rings. The maximum Gasteiger partial charge on any atom is 0.347 e. The monoisotopic (exact) mass is 862 g/mol. The predicted molar refractivity (Wildman–Crippen MR) is 245 cm³/mol. The van der Waals surface area contributed by atoms with E-state index in [-0.39, 0.29) is 41.8 Å². The van der Waals surface area contributed by atoms with Crippen molar-refractivity contribution in [3.8, 4) is 16.9 Å². The lowest BCUT2D eigenvalue weighted by Crippen LogP contribution is -2.40. The Morgan fingerprint density at radius 1 is 0.810 bits per heavy atom. The van der Waals surface area contributed by atoms with Crippen molar-refractivity contribution in [3.05, 3.63) is 194 Å². The molecule has 0 aliphatic carbocycles. The summed E-state index contributed by atoms with van der Waals surface area (Å²) in [6.45, 7) is 3.97. The van der Waals surface area contributed by atoms with E-state index in [4.69, 9.17) is 4.74 Å². The number of piperidine rings is 1. The molecular formula is C51H50N4O7S. The van der Waals surface area contributed by atoms with E-state index in [1.807, 2.05) is 53.9 Å². The number of rotatable bonds is 16. The molecule has 2 unspecified atom stereocenters. The number of esters is 1. The van der Waals surface area contributed by atoms with Crippen LogP contribution in [0.25, 0.3) is 22.0 Å². The number of likely N-dealkylation sites (tertiary alicyclic amines) is 1. The summed E-state index contributed by atoms with van der Waals surface area (Å²) < 4.78 is 5.94. The molecule has 6 N–H and O–H groups in total. The Bertz CT molecular complexity index is 2710. The summed E-state index contributed by atoms with van der Waals surface area (Å²) in [7, 11) is 0. The molecule has 322 valence electrons. The number of benzene rings is 5. The highest BCUT2D eigenvalue weighted by Gasteiger charge is 2.42. The Kier molecular flexibility index (Phi) is 13.6. The first-order chi connectivity index (χ1) is 30.6. The first-order valence-electron chi connectivity index (χ1n) is 21.1. The number of aromatic amines is 1. The molecule has 12 heteroatoms. The van der Waals surface area contributed by atoms with E-state index in [9.17, 15) is 29.7 Å². The number of amides is 1. The van der Waals surface area contributed by atoms with Crippen LogP contribution in [0.4, 0.5) is 0 Å². The molecule has 1 amide bonds. The van der Waals surface area contributed by atoms with Gasteiger partial charge in [0.2, 0.25) is 11.2 Å². The third-order valence-corrected chi connectivity index (χ3v) is 12.7. The minimum absolute atomic E-state index is 0.0653. The van der Waals surface area contributed by atoms with E-state index in [1.165, 1.54) is 29.0 Å². The van der Waals surface area contributed by atoms with Crippen molar-refractivity contribution in [2.75, 3.05) is 26.2 Å². The zero-order valence-corrected chi connectivity index (χ0v) is 35.5. The Labute approximate surface area is 369 Å². The number of aliphatic hydroxyl groups excluding tert-OH is 1. The smallest absolute Gasteiger partial charge is 0.347 e. The zero-order chi connectivity index (χ0) is 43.8. The van der Waals surface area contributed by atoms with E-state index < -0.39 is 17.7 Å². The third-order valence-electron chi connectivity index (χ3n) is 11.7. The number of thiophene rings is 1. The highest BCUT2D eigenvalue weighted by Crippen LogP contribution is 2.36. The van der Waals surface area contributed by atoms with Crippen LogP contribution in [0, 0.1) is 5.92 Å². The Morgan fingerprint density at radius 3 is 2.30 bits per heavy atom. The SMILES string of the molecule is O=C(NCc1cc(-c2cccc(C(O)(C(=O)OCC3CCN(Cc4ccccc4)CC3)c3ccccc3)c2)cs1)c1ccc(CNCC(O)c2ccc(O)c3[nH]c(=O)ccc23)cc1. The third kappa shape index (κ3) is 10.3. The number of nitrogens with zero attached hydrogens (tertiary/aromatic N) is 1. The van der Waals surface area contributed by atoms with Gasteiger partial charge < -0.3 is 35.7 Å². The van der Waals surface area contributed by atoms with Crippen LogP contribution in [0.2, 0.25) is 0 Å². The van der Waals surface area contributed by atoms with Crippen LogP contribution >= 0.6 is 11.3 Å². The van der Waals surface area contributed by atoms with Crippen LogP contribution < -0.4 is 16.2 Å². The fourth-order valence-electron chi connectivity index (χ4n) is 8.14. The van der Waals surface area contributed by atoms with Crippen LogP contribution in [0.5, 0.6) is 5.75 Å². The van der Waals surface area contributed by atoms with E-state index in [2.05, 4.69) is 44.8 Å². The second-order valence-corrected chi connectivity index (χ2v) is 17.1. The molecule has 1 aliphatic rings. The van der Waals surface area contributed by atoms with Crippen molar-refractivity contribution in [1.82, 2.24) is 20.5 Å². The van der Waals surface area contributed by atoms with Gasteiger partial charge in [0.05, 0.1) is 24.8 Å². The molecular weight excluding hydrogens is 813 g/mol. The summed E-state index contributed by atoms with van der Waals surface area (Å²) in [5.74, 6) is -0.774. The van der Waals surface area contributed by atoms with Crippen LogP contribution in [0.3, 0.4) is 0 Å². The summed E-state index contributed by atoms with van der Waals surface area (Å²) in [5.41, 5.74) is 3.77. The number of carbonyl (C=O) groups excluding carboxylic acids is 2. The van der Waals surface area contributed by atoms with Crippen molar-refractivity contribution >= 4 is 34.1 Å². The Hall–Kier alpha value is -6.41. The van der Waals surface area contributed by atoms with E-state index in [0.29, 0.717) is 40.7 Å². The van der Waals surface area contributed by atoms with Gasteiger partial charge in [-0.3, -0.25) is 14.5 Å². The molecule has 1 aliphatic heterocycles. The first kappa shape index (κ1) is 43.2. The number of aromatic hydroxyl groups is 1. The second kappa shape index (κ2) is 19.7. The number of carbonyl (C=O) groups is 2. The lowest BCUT2D eigenvalue weighted by atomic mass is 9.85. The van der Waals surface area contributed by atoms with Crippen molar-refractivity contribution < 1.29 is 29.6 Å². The number of phenols is 1. The van der Waals surface area contributed by atoms with Gasteiger partial charge in [0, 0.05) is 47.1 Å². The number of nitrogens with one attached hydrogen (secondary N) is 3. The van der Waals surface area contributed by atoms with Crippen LogP contribution in [-0.2, 0) is 34.8 Å². The molecule has 8 rings (SSSR count). The summed E-state index contributed by atoms with van der Waals surface area (Å²) in [6, 6.07) is 41.9. The summed E-state index contributed by atoms with van der Waals surface area (Å²) in [5, 5.41) is 42.1. The number of fused-ring (bicyclic) bond motifs is 1. The molecule has 11 nitrogen and oxygen atoms in total. The summed E-state index contributed by atoms with van der Waals surface area (Å²) >= 11 is 1.51. The van der Waals surface area contributed by atoms with Crippen molar-refractivity contribution in [1.29, 1.82) is 0 Å². The molecule has 0 saturated carbocycles. The van der Waals surface area contributed by atoms with Gasteiger partial charge >= 0.3 is 5.97 Å². The number of H-pyrrole nitrogens is 1. The number of ether oxygens (including phenoxy) is 1. The minimum atomic E-state index is -2.02. The molecule has 5 aromatic carbocycles. The van der Waals surface area contributed by atoms with Crippen LogP contribution in [0.15, 0.2) is 150 Å². The van der Waals surface area contributed by atoms with Crippen LogP contribution in [0.1, 0.15) is 62.0 Å². The molecule has 0 bridgehead atoms. The van der Waals surface area contributed by atoms with Crippen LogP contribution in [-0.4, -0.2) is 63.3 Å². The molecule has 1 saturated heterocycles. The molecule has 0 spiro atoms. The quantitative estimate of drug-likeness (QED) is 0.0544. The predicted octanol–water partition coefficient (Wildman–Crippen LogP) is 7.41. The molecule has 63 heavy (non-hydrogen) atoms. The largest absolute Gasteiger partial charge is 0.506 e. The molecule has 2 atom stereocenters. The van der Waals surface area contributed by atoms with E-state index in [0.717, 1.165) is 54.0 Å². The van der Waals surface area contributed by atoms with Crippen molar-refractivity contribution in [2.24, 2.45) is 5.92 Å². The molecule has 1 fully saturated rings. The Balaban J connectivity index is 0.848. The zero-order valence-electron chi connectivity index (χ0n) is 34.7. The topological polar surface area (TPSA) is 164 Å². The van der Waals surface area contributed by atoms with E-state index in [1.54, 1.807) is 54.6 Å². The number of pyridine rings is 1. The van der Waals surface area contributed by atoms with Gasteiger partial charge in [-0.25, -0.2) is 4.79 Å². The normalized spacial score (nSPS) is 14.8. The fraction of sp³-hybridized carbons (Fsp3) is 0.235. The minimum Gasteiger partial charge on any atom is -0.506 e. The van der Waals surface area contributed by atoms with Gasteiger partial charge in [-0.2, -0.15) is 0 Å². The second-order valence-electron chi connectivity index (χ2n) is 16.1. The molecule has 3 heterocycles. The maximum atomic E-state index is 14.0. The number of phenolic OH excluding ortho intramolecular Hbond substituents is 1. The molecule has 0 radical (unpaired) electrons. The lowest BCUT2D eigenvalue weighted by Gasteiger charge is -2.33. The highest BCUT2D eigenvalue weighted by molar-refractivity contribution is 7.10. The number of aliphatic hydroxyl groups is 2. The van der Waals surface area contributed by atoms with Gasteiger partial charge in [0.15, 0.2) is 0 Å². The van der Waals surface area contributed by atoms with E-state index >= 15 is 0 Å². The molecule has 2 aromatic heterocycles. The van der Waals surface area contributed by atoms with Gasteiger partial charge in [0.25, 0.3) is 5.91 Å². The number of aromatic nitrogens is 1. The fourth-order valence-corrected chi connectivity index (χ4v) is 8.97. The maximum absolute atomic E-state index is 14.0.